The third-order valence-electron chi connectivity index (χ3n) is 10.2. The van der Waals surface area contributed by atoms with Crippen LogP contribution >= 0.6 is 0 Å². The third-order valence-corrected chi connectivity index (χ3v) is 10.2. The number of unbranched alkanes of at least 4 members (excludes halogenated alkanes) is 2. The molecule has 2 aromatic rings. The van der Waals surface area contributed by atoms with Crippen molar-refractivity contribution in [2.45, 2.75) is 90.9 Å². The molecule has 0 aliphatic heterocycles. The van der Waals surface area contributed by atoms with Crippen molar-refractivity contribution in [2.24, 2.45) is 11.3 Å². The van der Waals surface area contributed by atoms with Gasteiger partial charge in [0.2, 0.25) is 0 Å². The van der Waals surface area contributed by atoms with E-state index in [1.807, 2.05) is 6.07 Å². The van der Waals surface area contributed by atoms with Crippen LogP contribution in [0.15, 0.2) is 60.7 Å². The maximum absolute atomic E-state index is 16.0. The number of carbonyl (C=O) groups is 6. The van der Waals surface area contributed by atoms with Gasteiger partial charge in [0, 0.05) is 16.7 Å². The van der Waals surface area contributed by atoms with Crippen LogP contribution in [0.1, 0.15) is 95.6 Å². The first-order valence-corrected chi connectivity index (χ1v) is 19.8. The van der Waals surface area contributed by atoms with E-state index in [0.29, 0.717) is 29.0 Å². The summed E-state index contributed by atoms with van der Waals surface area (Å²) in [6.45, 7) is 9.78. The molecule has 14 heteroatoms. The normalized spacial score (nSPS) is 14.9. The molecule has 0 amide bonds. The SMILES string of the molecule is C=C(C)C(=O)OCCCc1cc(-c2ccc(C3CCC(CCCCC)CC3)cc2F)ccc1OCC(COC(=O)C(=C)C)(COC(=O)C(=O)OC)COC(=O)C(=O)OC. The Morgan fingerprint density at radius 3 is 1.81 bits per heavy atom. The van der Waals surface area contributed by atoms with Crippen LogP contribution in [0, 0.1) is 17.2 Å². The monoisotopic (exact) mass is 824 g/mol. The zero-order chi connectivity index (χ0) is 43.5. The van der Waals surface area contributed by atoms with Crippen molar-refractivity contribution in [3.05, 3.63) is 77.6 Å². The van der Waals surface area contributed by atoms with Gasteiger partial charge in [-0.1, -0.05) is 64.0 Å². The Morgan fingerprint density at radius 2 is 1.27 bits per heavy atom. The van der Waals surface area contributed by atoms with E-state index in [-0.39, 0.29) is 35.7 Å². The lowest BCUT2D eigenvalue weighted by Crippen LogP contribution is -2.45. The molecule has 0 unspecified atom stereocenters. The summed E-state index contributed by atoms with van der Waals surface area (Å²) in [5, 5.41) is 0. The molecule has 59 heavy (non-hydrogen) atoms. The van der Waals surface area contributed by atoms with Gasteiger partial charge in [-0.2, -0.15) is 0 Å². The highest BCUT2D eigenvalue weighted by atomic mass is 19.1. The highest BCUT2D eigenvalue weighted by Gasteiger charge is 2.39. The van der Waals surface area contributed by atoms with E-state index < -0.39 is 67.7 Å². The zero-order valence-corrected chi connectivity index (χ0v) is 34.8. The molecule has 1 saturated carbocycles. The van der Waals surface area contributed by atoms with Crippen molar-refractivity contribution >= 4 is 35.8 Å². The molecular weight excluding hydrogens is 767 g/mol. The van der Waals surface area contributed by atoms with E-state index >= 15 is 4.39 Å². The molecular formula is C45H57FO13. The first-order valence-electron chi connectivity index (χ1n) is 19.8. The van der Waals surface area contributed by atoms with Gasteiger partial charge in [-0.25, -0.2) is 33.2 Å². The number of carbonyl (C=O) groups excluding carboxylic acids is 6. The number of hydrogen-bond acceptors (Lipinski definition) is 13. The zero-order valence-electron chi connectivity index (χ0n) is 34.8. The van der Waals surface area contributed by atoms with Crippen molar-refractivity contribution in [2.75, 3.05) is 47.3 Å². The van der Waals surface area contributed by atoms with Crippen LogP contribution in [-0.4, -0.2) is 83.1 Å². The minimum absolute atomic E-state index is 0.0219. The van der Waals surface area contributed by atoms with Crippen LogP contribution in [0.4, 0.5) is 4.39 Å². The van der Waals surface area contributed by atoms with E-state index in [1.165, 1.54) is 39.5 Å². The molecule has 322 valence electrons. The predicted octanol–water partition coefficient (Wildman–Crippen LogP) is 7.32. The molecule has 1 aliphatic rings. The summed E-state index contributed by atoms with van der Waals surface area (Å²) in [5.41, 5.74) is 0.992. The quantitative estimate of drug-likeness (QED) is 0.0405. The number of rotatable bonds is 21. The fourth-order valence-electron chi connectivity index (χ4n) is 6.67. The number of aryl methyl sites for hydroxylation is 1. The molecule has 13 nitrogen and oxygen atoms in total. The summed E-state index contributed by atoms with van der Waals surface area (Å²) in [4.78, 5) is 73.1. The molecule has 0 bridgehead atoms. The van der Waals surface area contributed by atoms with Gasteiger partial charge < -0.3 is 33.2 Å². The summed E-state index contributed by atoms with van der Waals surface area (Å²) in [5.74, 6) is -5.97. The Kier molecular flexibility index (Phi) is 19.3. The van der Waals surface area contributed by atoms with Gasteiger partial charge in [0.25, 0.3) is 0 Å². The Balaban J connectivity index is 1.96. The third kappa shape index (κ3) is 15.0. The second-order valence-corrected chi connectivity index (χ2v) is 15.1. The topological polar surface area (TPSA) is 167 Å². The number of hydrogen-bond donors (Lipinski definition) is 0. The molecule has 3 rings (SSSR count). The van der Waals surface area contributed by atoms with Crippen molar-refractivity contribution < 1.29 is 66.3 Å². The Bertz CT molecular complexity index is 1790. The molecule has 0 aromatic heterocycles. The molecule has 1 aliphatic carbocycles. The van der Waals surface area contributed by atoms with Gasteiger partial charge in [0.1, 0.15) is 43.4 Å². The minimum Gasteiger partial charge on any atom is -0.492 e. The van der Waals surface area contributed by atoms with Crippen LogP contribution in [0.2, 0.25) is 0 Å². The van der Waals surface area contributed by atoms with Gasteiger partial charge in [-0.05, 0) is 99.1 Å². The molecule has 0 atom stereocenters. The maximum atomic E-state index is 16.0. The average molecular weight is 825 g/mol. The lowest BCUT2D eigenvalue weighted by molar-refractivity contribution is -0.177. The largest absolute Gasteiger partial charge is 0.492 e. The van der Waals surface area contributed by atoms with Gasteiger partial charge in [-0.3, -0.25) is 0 Å². The summed E-state index contributed by atoms with van der Waals surface area (Å²) < 4.78 is 52.1. The first kappa shape index (κ1) is 47.8. The number of esters is 6. The second kappa shape index (κ2) is 23.8. The summed E-state index contributed by atoms with van der Waals surface area (Å²) >= 11 is 0. The van der Waals surface area contributed by atoms with E-state index in [2.05, 4.69) is 29.6 Å². The number of halogens is 1. The molecule has 2 aromatic carbocycles. The highest BCUT2D eigenvalue weighted by Crippen LogP contribution is 2.39. The molecule has 0 radical (unpaired) electrons. The number of benzene rings is 2. The van der Waals surface area contributed by atoms with Gasteiger partial charge in [0.15, 0.2) is 0 Å². The summed E-state index contributed by atoms with van der Waals surface area (Å²) in [6.07, 6.45) is 9.91. The number of ether oxygens (including phenoxy) is 7. The van der Waals surface area contributed by atoms with Crippen LogP contribution in [0.25, 0.3) is 11.1 Å². The van der Waals surface area contributed by atoms with E-state index in [9.17, 15) is 28.8 Å². The van der Waals surface area contributed by atoms with Gasteiger partial charge in [0.05, 0.1) is 20.8 Å². The fraction of sp³-hybridized carbons (Fsp3) is 0.511. The highest BCUT2D eigenvalue weighted by molar-refractivity contribution is 6.30. The Morgan fingerprint density at radius 1 is 0.695 bits per heavy atom. The van der Waals surface area contributed by atoms with Crippen LogP contribution in [0.3, 0.4) is 0 Å². The Labute approximate surface area is 345 Å². The molecule has 0 saturated heterocycles. The van der Waals surface area contributed by atoms with Gasteiger partial charge in [-0.15, -0.1) is 0 Å². The number of methoxy groups -OCH3 is 2. The Hall–Kier alpha value is -5.53. The molecule has 0 N–H and O–H groups in total. The average Bonchev–Trinajstić information content (AvgIpc) is 3.23. The predicted molar refractivity (Wildman–Crippen MR) is 214 cm³/mol. The van der Waals surface area contributed by atoms with Crippen LogP contribution in [-0.2, 0) is 63.6 Å². The van der Waals surface area contributed by atoms with Gasteiger partial charge >= 0.3 is 35.8 Å². The van der Waals surface area contributed by atoms with E-state index in [0.717, 1.165) is 51.4 Å². The summed E-state index contributed by atoms with van der Waals surface area (Å²) in [6, 6.07) is 10.4. The molecule has 0 spiro atoms. The van der Waals surface area contributed by atoms with Crippen molar-refractivity contribution in [3.63, 3.8) is 0 Å². The lowest BCUT2D eigenvalue weighted by Gasteiger charge is -2.32. The molecule has 0 heterocycles. The lowest BCUT2D eigenvalue weighted by atomic mass is 9.77. The molecule has 1 fully saturated rings. The summed E-state index contributed by atoms with van der Waals surface area (Å²) in [7, 11) is 1.94. The fourth-order valence-corrected chi connectivity index (χ4v) is 6.67. The van der Waals surface area contributed by atoms with Crippen LogP contribution < -0.4 is 4.74 Å². The van der Waals surface area contributed by atoms with Crippen molar-refractivity contribution in [3.8, 4) is 16.9 Å². The van der Waals surface area contributed by atoms with E-state index in [4.69, 9.17) is 23.7 Å². The minimum atomic E-state index is -1.72. The second-order valence-electron chi connectivity index (χ2n) is 15.1. The van der Waals surface area contributed by atoms with Crippen molar-refractivity contribution in [1.82, 2.24) is 0 Å². The van der Waals surface area contributed by atoms with Crippen LogP contribution in [0.5, 0.6) is 5.75 Å². The smallest absolute Gasteiger partial charge is 0.417 e. The van der Waals surface area contributed by atoms with Crippen molar-refractivity contribution in [1.29, 1.82) is 0 Å². The van der Waals surface area contributed by atoms with E-state index in [1.54, 1.807) is 30.3 Å². The maximum Gasteiger partial charge on any atom is 0.417 e. The first-order chi connectivity index (χ1) is 28.1. The standard InChI is InChI=1S/C45H57FO13/c1-8-9-10-12-31-14-16-32(17-15-31)33-18-20-36(37(46)24-33)34-19-21-38(35(23-34)13-11-22-55-39(47)29(2)3)56-25-45(26-57-40(48)30(4)5,27-58-43(51)41(49)53-6)28-59-44(52)42(50)54-7/h18-21,23-24,31-32H,2,4,8-17,22,25-28H2,1,3,5-7H3.